The smallest absolute Gasteiger partial charge is 0.203 e. The zero-order valence-electron chi connectivity index (χ0n) is 12.2. The minimum Gasteiger partial charge on any atom is -0.415 e. The van der Waals surface area contributed by atoms with E-state index in [0.717, 1.165) is 25.5 Å². The average Bonchev–Trinajstić information content (AvgIpc) is 2.73. The van der Waals surface area contributed by atoms with Crippen molar-refractivity contribution >= 4 is 14.3 Å². The number of nitrogens with zero attached hydrogens (tertiary/aromatic N) is 2. The topological polar surface area (TPSA) is 39.1 Å². The minimum atomic E-state index is -1.64. The molecule has 18 heavy (non-hydrogen) atoms. The summed E-state index contributed by atoms with van der Waals surface area (Å²) in [4.78, 5) is 4.31. The van der Waals surface area contributed by atoms with E-state index < -0.39 is 8.32 Å². The number of rotatable bonds is 3. The maximum absolute atomic E-state index is 6.32. The SMILES string of the molecule is CC(C)(C)[Si](C)(C)OCC1CCNc2nccn21. The van der Waals surface area contributed by atoms with Crippen molar-refractivity contribution in [1.82, 2.24) is 9.55 Å². The summed E-state index contributed by atoms with van der Waals surface area (Å²) in [6.45, 7) is 13.3. The van der Waals surface area contributed by atoms with E-state index in [4.69, 9.17) is 4.43 Å². The van der Waals surface area contributed by atoms with E-state index in [1.807, 2.05) is 12.4 Å². The summed E-state index contributed by atoms with van der Waals surface area (Å²) < 4.78 is 8.53. The largest absolute Gasteiger partial charge is 0.415 e. The van der Waals surface area contributed by atoms with Gasteiger partial charge in [-0.3, -0.25) is 0 Å². The highest BCUT2D eigenvalue weighted by atomic mass is 28.4. The monoisotopic (exact) mass is 267 g/mol. The first-order chi connectivity index (χ1) is 8.31. The molecule has 0 saturated heterocycles. The molecule has 0 radical (unpaired) electrons. The van der Waals surface area contributed by atoms with Crippen LogP contribution in [0.3, 0.4) is 0 Å². The van der Waals surface area contributed by atoms with E-state index in [1.165, 1.54) is 0 Å². The van der Waals surface area contributed by atoms with Crippen molar-refractivity contribution in [3.63, 3.8) is 0 Å². The quantitative estimate of drug-likeness (QED) is 0.854. The highest BCUT2D eigenvalue weighted by Crippen LogP contribution is 2.37. The molecule has 2 rings (SSSR count). The second-order valence-corrected chi connectivity index (χ2v) is 11.4. The second kappa shape index (κ2) is 4.70. The van der Waals surface area contributed by atoms with Crippen LogP contribution in [0.5, 0.6) is 0 Å². The summed E-state index contributed by atoms with van der Waals surface area (Å²) in [6, 6.07) is 0.429. The molecule has 0 spiro atoms. The van der Waals surface area contributed by atoms with Crippen LogP contribution in [0.2, 0.25) is 18.1 Å². The van der Waals surface area contributed by atoms with Gasteiger partial charge in [-0.1, -0.05) is 20.8 Å². The molecule has 102 valence electrons. The van der Waals surface area contributed by atoms with Crippen LogP contribution in [-0.4, -0.2) is 31.0 Å². The number of nitrogens with one attached hydrogen (secondary N) is 1. The molecular formula is C13H25N3OSi. The molecule has 1 aromatic rings. The van der Waals surface area contributed by atoms with Gasteiger partial charge in [-0.05, 0) is 24.6 Å². The molecule has 1 aliphatic heterocycles. The summed E-state index contributed by atoms with van der Waals surface area (Å²) in [7, 11) is -1.64. The van der Waals surface area contributed by atoms with E-state index in [1.54, 1.807) is 0 Å². The molecule has 0 aliphatic carbocycles. The fourth-order valence-electron chi connectivity index (χ4n) is 1.92. The maximum atomic E-state index is 6.32. The highest BCUT2D eigenvalue weighted by Gasteiger charge is 2.38. The Morgan fingerprint density at radius 3 is 2.89 bits per heavy atom. The molecule has 1 atom stereocenters. The van der Waals surface area contributed by atoms with Gasteiger partial charge in [0.15, 0.2) is 8.32 Å². The van der Waals surface area contributed by atoms with E-state index in [2.05, 4.69) is 48.7 Å². The fraction of sp³-hybridized carbons (Fsp3) is 0.769. The number of anilines is 1. The molecule has 4 nitrogen and oxygen atoms in total. The van der Waals surface area contributed by atoms with E-state index >= 15 is 0 Å². The lowest BCUT2D eigenvalue weighted by Crippen LogP contribution is -2.42. The molecule has 1 aromatic heterocycles. The van der Waals surface area contributed by atoms with Gasteiger partial charge < -0.3 is 14.3 Å². The number of aromatic nitrogens is 2. The van der Waals surface area contributed by atoms with Crippen molar-refractivity contribution < 1.29 is 4.43 Å². The predicted molar refractivity (Wildman–Crippen MR) is 77.5 cm³/mol. The Bertz CT molecular complexity index is 409. The molecule has 1 aliphatic rings. The molecule has 0 aromatic carbocycles. The predicted octanol–water partition coefficient (Wildman–Crippen LogP) is 3.26. The second-order valence-electron chi connectivity index (χ2n) is 6.60. The van der Waals surface area contributed by atoms with Crippen LogP contribution >= 0.6 is 0 Å². The highest BCUT2D eigenvalue weighted by molar-refractivity contribution is 6.74. The van der Waals surface area contributed by atoms with Crippen LogP contribution in [-0.2, 0) is 4.43 Å². The lowest BCUT2D eigenvalue weighted by molar-refractivity contribution is 0.221. The number of imidazole rings is 1. The van der Waals surface area contributed by atoms with Gasteiger partial charge in [-0.15, -0.1) is 0 Å². The molecule has 1 unspecified atom stereocenters. The summed E-state index contributed by atoms with van der Waals surface area (Å²) in [6.07, 6.45) is 5.01. The number of hydrogen-bond acceptors (Lipinski definition) is 3. The summed E-state index contributed by atoms with van der Waals surface area (Å²) >= 11 is 0. The average molecular weight is 267 g/mol. The maximum Gasteiger partial charge on any atom is 0.203 e. The number of hydrogen-bond donors (Lipinski definition) is 1. The molecule has 5 heteroatoms. The van der Waals surface area contributed by atoms with Crippen LogP contribution < -0.4 is 5.32 Å². The van der Waals surface area contributed by atoms with Gasteiger partial charge in [0.05, 0.1) is 12.6 Å². The van der Waals surface area contributed by atoms with Crippen LogP contribution in [0.1, 0.15) is 33.2 Å². The zero-order valence-corrected chi connectivity index (χ0v) is 13.2. The Morgan fingerprint density at radius 1 is 1.50 bits per heavy atom. The van der Waals surface area contributed by atoms with Crippen LogP contribution in [0.15, 0.2) is 12.4 Å². The molecule has 1 N–H and O–H groups in total. The molecule has 2 heterocycles. The van der Waals surface area contributed by atoms with Gasteiger partial charge in [0.1, 0.15) is 0 Å². The Kier molecular flexibility index (Phi) is 3.55. The first-order valence-corrected chi connectivity index (χ1v) is 9.63. The van der Waals surface area contributed by atoms with Gasteiger partial charge in [0.2, 0.25) is 5.95 Å². The third-order valence-electron chi connectivity index (χ3n) is 4.27. The Labute approximate surface area is 111 Å². The minimum absolute atomic E-state index is 0.275. The van der Waals surface area contributed by atoms with Crippen molar-refractivity contribution in [1.29, 1.82) is 0 Å². The summed E-state index contributed by atoms with van der Waals surface area (Å²) in [5.41, 5.74) is 0. The normalized spacial score (nSPS) is 20.4. The van der Waals surface area contributed by atoms with Crippen LogP contribution in [0.25, 0.3) is 0 Å². The van der Waals surface area contributed by atoms with Gasteiger partial charge in [-0.25, -0.2) is 4.98 Å². The van der Waals surface area contributed by atoms with Gasteiger partial charge in [0, 0.05) is 18.9 Å². The first-order valence-electron chi connectivity index (χ1n) is 6.72. The Balaban J connectivity index is 2.01. The van der Waals surface area contributed by atoms with E-state index in [0.29, 0.717) is 6.04 Å². The standard InChI is InChI=1S/C13H25N3OSi/c1-13(2,3)18(4,5)17-10-11-6-7-14-12-15-8-9-16(11)12/h8-9,11H,6-7,10H2,1-5H3,(H,14,15). The van der Waals surface area contributed by atoms with E-state index in [-0.39, 0.29) is 5.04 Å². The van der Waals surface area contributed by atoms with Gasteiger partial charge in [0.25, 0.3) is 0 Å². The van der Waals surface area contributed by atoms with E-state index in [9.17, 15) is 0 Å². The van der Waals surface area contributed by atoms with Crippen molar-refractivity contribution in [2.45, 2.75) is 51.4 Å². The zero-order chi connectivity index (χ0) is 13.4. The lowest BCUT2D eigenvalue weighted by atomic mass is 10.2. The van der Waals surface area contributed by atoms with Crippen molar-refractivity contribution in [2.24, 2.45) is 0 Å². The first kappa shape index (κ1) is 13.6. The van der Waals surface area contributed by atoms with Crippen LogP contribution in [0.4, 0.5) is 5.95 Å². The molecule has 0 amide bonds. The fourth-order valence-corrected chi connectivity index (χ4v) is 2.96. The lowest BCUT2D eigenvalue weighted by Gasteiger charge is -2.38. The van der Waals surface area contributed by atoms with Gasteiger partial charge in [-0.2, -0.15) is 0 Å². The molecule has 0 bridgehead atoms. The third kappa shape index (κ3) is 2.62. The van der Waals surface area contributed by atoms with Crippen molar-refractivity contribution in [3.05, 3.63) is 12.4 Å². The summed E-state index contributed by atoms with van der Waals surface area (Å²) in [5, 5.41) is 3.58. The summed E-state index contributed by atoms with van der Waals surface area (Å²) in [5.74, 6) is 0.977. The van der Waals surface area contributed by atoms with Crippen molar-refractivity contribution in [2.75, 3.05) is 18.5 Å². The molecule has 0 saturated carbocycles. The Hall–Kier alpha value is -0.813. The van der Waals surface area contributed by atoms with Crippen LogP contribution in [0, 0.1) is 0 Å². The molecule has 0 fully saturated rings. The third-order valence-corrected chi connectivity index (χ3v) is 8.77. The van der Waals surface area contributed by atoms with Crippen molar-refractivity contribution in [3.8, 4) is 0 Å². The van der Waals surface area contributed by atoms with Gasteiger partial charge >= 0.3 is 0 Å². The Morgan fingerprint density at radius 2 is 2.22 bits per heavy atom. The molecular weight excluding hydrogens is 242 g/mol. The number of fused-ring (bicyclic) bond motifs is 1.